The average molecular weight is 254 g/mol. The molecule has 0 aliphatic rings. The van der Waals surface area contributed by atoms with Crippen molar-refractivity contribution in [2.45, 2.75) is 6.54 Å². The first-order valence-electron chi connectivity index (χ1n) is 4.78. The highest BCUT2D eigenvalue weighted by molar-refractivity contribution is 7.16. The summed E-state index contributed by atoms with van der Waals surface area (Å²) >= 11 is 0.821. The standard InChI is InChI=1S/C9H10N4O3S/c10-8-11-6-5(7(15)12-8)17-9(16)13(6)3-1-2-4-14/h1-2,14H,3-4H2,(H3,10,11,12,15). The largest absolute Gasteiger partial charge is 0.392 e. The molecule has 4 N–H and O–H groups in total. The molecule has 0 radical (unpaired) electrons. The Hall–Kier alpha value is -1.93. The molecule has 0 aliphatic heterocycles. The van der Waals surface area contributed by atoms with Gasteiger partial charge in [-0.1, -0.05) is 23.5 Å². The van der Waals surface area contributed by atoms with Crippen LogP contribution in [0.4, 0.5) is 5.95 Å². The maximum absolute atomic E-state index is 11.6. The topological polar surface area (TPSA) is 114 Å². The summed E-state index contributed by atoms with van der Waals surface area (Å²) in [5.74, 6) is -0.0276. The first-order chi connectivity index (χ1) is 8.13. The highest BCUT2D eigenvalue weighted by Gasteiger charge is 2.11. The fourth-order valence-corrected chi connectivity index (χ4v) is 2.22. The average Bonchev–Trinajstić information content (AvgIpc) is 2.57. The predicted molar refractivity (Wildman–Crippen MR) is 65.1 cm³/mol. The van der Waals surface area contributed by atoms with Crippen molar-refractivity contribution in [1.82, 2.24) is 14.5 Å². The molecule has 2 aromatic heterocycles. The summed E-state index contributed by atoms with van der Waals surface area (Å²) in [6, 6.07) is 0. The lowest BCUT2D eigenvalue weighted by molar-refractivity contribution is 0.342. The second-order valence-electron chi connectivity index (χ2n) is 3.24. The van der Waals surface area contributed by atoms with Crippen LogP contribution in [0.3, 0.4) is 0 Å². The molecule has 0 bridgehead atoms. The third kappa shape index (κ3) is 2.12. The molecule has 0 aromatic carbocycles. The zero-order chi connectivity index (χ0) is 12.4. The van der Waals surface area contributed by atoms with Gasteiger partial charge in [0.15, 0.2) is 5.65 Å². The molecule has 0 amide bonds. The zero-order valence-corrected chi connectivity index (χ0v) is 9.53. The van der Waals surface area contributed by atoms with E-state index in [1.54, 1.807) is 6.08 Å². The van der Waals surface area contributed by atoms with Crippen molar-refractivity contribution in [2.24, 2.45) is 0 Å². The third-order valence-electron chi connectivity index (χ3n) is 2.10. The van der Waals surface area contributed by atoms with Crippen LogP contribution >= 0.6 is 11.3 Å². The number of anilines is 1. The summed E-state index contributed by atoms with van der Waals surface area (Å²) in [6.45, 7) is 0.141. The van der Waals surface area contributed by atoms with E-state index in [-0.39, 0.29) is 34.3 Å². The van der Waals surface area contributed by atoms with Gasteiger partial charge in [-0.2, -0.15) is 4.98 Å². The van der Waals surface area contributed by atoms with Crippen LogP contribution in [0.25, 0.3) is 10.3 Å². The normalized spacial score (nSPS) is 11.6. The summed E-state index contributed by atoms with van der Waals surface area (Å²) in [4.78, 5) is 29.1. The van der Waals surface area contributed by atoms with E-state index < -0.39 is 5.56 Å². The Morgan fingerprint density at radius 2 is 2.24 bits per heavy atom. The van der Waals surface area contributed by atoms with Crippen LogP contribution < -0.4 is 16.2 Å². The molecule has 2 heterocycles. The second kappa shape index (κ2) is 4.52. The van der Waals surface area contributed by atoms with Crippen LogP contribution in [0.2, 0.25) is 0 Å². The number of nitrogens with one attached hydrogen (secondary N) is 1. The second-order valence-corrected chi connectivity index (χ2v) is 4.20. The smallest absolute Gasteiger partial charge is 0.309 e. The monoisotopic (exact) mass is 254 g/mol. The fourth-order valence-electron chi connectivity index (χ4n) is 1.39. The number of hydrogen-bond acceptors (Lipinski definition) is 6. The van der Waals surface area contributed by atoms with E-state index in [2.05, 4.69) is 9.97 Å². The van der Waals surface area contributed by atoms with Crippen LogP contribution in [-0.4, -0.2) is 26.2 Å². The van der Waals surface area contributed by atoms with Crippen molar-refractivity contribution >= 4 is 27.6 Å². The number of aromatic amines is 1. The molecular formula is C9H10N4O3S. The molecule has 7 nitrogen and oxygen atoms in total. The molecule has 0 atom stereocenters. The number of allylic oxidation sites excluding steroid dienone is 1. The molecule has 0 unspecified atom stereocenters. The highest BCUT2D eigenvalue weighted by atomic mass is 32.1. The van der Waals surface area contributed by atoms with Gasteiger partial charge in [0.1, 0.15) is 4.70 Å². The van der Waals surface area contributed by atoms with Gasteiger partial charge in [-0.3, -0.25) is 19.1 Å². The Kier molecular flexibility index (Phi) is 3.07. The minimum absolute atomic E-state index is 0.0276. The first-order valence-corrected chi connectivity index (χ1v) is 5.60. The van der Waals surface area contributed by atoms with Gasteiger partial charge in [-0.05, 0) is 0 Å². The van der Waals surface area contributed by atoms with Gasteiger partial charge in [0.25, 0.3) is 5.56 Å². The summed E-state index contributed by atoms with van der Waals surface area (Å²) in [5.41, 5.74) is 5.27. The van der Waals surface area contributed by atoms with E-state index in [1.807, 2.05) is 0 Å². The molecule has 0 fully saturated rings. The van der Waals surface area contributed by atoms with Crippen molar-refractivity contribution in [3.05, 3.63) is 32.2 Å². The third-order valence-corrected chi connectivity index (χ3v) is 3.07. The molecular weight excluding hydrogens is 244 g/mol. The molecule has 0 saturated heterocycles. The molecule has 90 valence electrons. The Bertz CT molecular complexity index is 682. The highest BCUT2D eigenvalue weighted by Crippen LogP contribution is 2.10. The zero-order valence-electron chi connectivity index (χ0n) is 8.71. The van der Waals surface area contributed by atoms with Crippen LogP contribution in [0.15, 0.2) is 21.7 Å². The molecule has 2 aromatic rings. The van der Waals surface area contributed by atoms with Gasteiger partial charge < -0.3 is 10.8 Å². The molecule has 0 aliphatic carbocycles. The Labute approximate surface area is 98.8 Å². The number of nitrogens with zero attached hydrogens (tertiary/aromatic N) is 2. The predicted octanol–water partition coefficient (Wildman–Crippen LogP) is -0.723. The van der Waals surface area contributed by atoms with E-state index in [9.17, 15) is 9.59 Å². The summed E-state index contributed by atoms with van der Waals surface area (Å²) in [7, 11) is 0. The molecule has 8 heteroatoms. The number of fused-ring (bicyclic) bond motifs is 1. The van der Waals surface area contributed by atoms with Gasteiger partial charge in [0.2, 0.25) is 5.95 Å². The number of thiazole rings is 1. The molecule has 17 heavy (non-hydrogen) atoms. The molecule has 0 spiro atoms. The Balaban J connectivity index is 2.62. The minimum Gasteiger partial charge on any atom is -0.392 e. The van der Waals surface area contributed by atoms with Gasteiger partial charge in [0.05, 0.1) is 6.61 Å². The fraction of sp³-hybridized carbons (Fsp3) is 0.222. The van der Waals surface area contributed by atoms with E-state index in [0.717, 1.165) is 11.3 Å². The number of aliphatic hydroxyl groups excluding tert-OH is 1. The summed E-state index contributed by atoms with van der Waals surface area (Å²) < 4.78 is 1.58. The SMILES string of the molecule is Nc1nc2c(sc(=O)n2CC=CCO)c(=O)[nH]1. The van der Waals surface area contributed by atoms with E-state index in [1.165, 1.54) is 10.6 Å². The molecule has 0 saturated carbocycles. The van der Waals surface area contributed by atoms with E-state index >= 15 is 0 Å². The van der Waals surface area contributed by atoms with Gasteiger partial charge in [-0.25, -0.2) is 0 Å². The van der Waals surface area contributed by atoms with E-state index in [0.29, 0.717) is 0 Å². The van der Waals surface area contributed by atoms with Crippen molar-refractivity contribution < 1.29 is 5.11 Å². The summed E-state index contributed by atoms with van der Waals surface area (Å²) in [5, 5.41) is 8.60. The van der Waals surface area contributed by atoms with Crippen LogP contribution in [0.5, 0.6) is 0 Å². The maximum Gasteiger partial charge on any atom is 0.309 e. The summed E-state index contributed by atoms with van der Waals surface area (Å²) in [6.07, 6.45) is 3.12. The lowest BCUT2D eigenvalue weighted by atomic mass is 10.5. The van der Waals surface area contributed by atoms with E-state index in [4.69, 9.17) is 10.8 Å². The van der Waals surface area contributed by atoms with Crippen LogP contribution in [0, 0.1) is 0 Å². The molecule has 2 rings (SSSR count). The van der Waals surface area contributed by atoms with Crippen molar-refractivity contribution in [3.63, 3.8) is 0 Å². The minimum atomic E-state index is -0.417. The maximum atomic E-state index is 11.6. The number of nitrogen functional groups attached to an aromatic ring is 1. The first kappa shape index (κ1) is 11.6. The number of aliphatic hydroxyl groups is 1. The lowest BCUT2D eigenvalue weighted by Gasteiger charge is -1.98. The Morgan fingerprint density at radius 1 is 1.47 bits per heavy atom. The van der Waals surface area contributed by atoms with Crippen molar-refractivity contribution in [2.75, 3.05) is 12.3 Å². The quantitative estimate of drug-likeness (QED) is 0.625. The number of hydrogen-bond donors (Lipinski definition) is 3. The number of H-pyrrole nitrogens is 1. The van der Waals surface area contributed by atoms with Crippen molar-refractivity contribution in [1.29, 1.82) is 0 Å². The van der Waals surface area contributed by atoms with Gasteiger partial charge >= 0.3 is 4.87 Å². The van der Waals surface area contributed by atoms with Crippen LogP contribution in [0.1, 0.15) is 0 Å². The Morgan fingerprint density at radius 3 is 2.94 bits per heavy atom. The number of rotatable bonds is 3. The number of aromatic nitrogens is 3. The van der Waals surface area contributed by atoms with Crippen molar-refractivity contribution in [3.8, 4) is 0 Å². The van der Waals surface area contributed by atoms with Gasteiger partial charge in [0, 0.05) is 6.54 Å². The lowest BCUT2D eigenvalue weighted by Crippen LogP contribution is -2.14. The number of nitrogens with two attached hydrogens (primary N) is 1. The van der Waals surface area contributed by atoms with Gasteiger partial charge in [-0.15, -0.1) is 0 Å². The van der Waals surface area contributed by atoms with Crippen LogP contribution in [-0.2, 0) is 6.54 Å².